The summed E-state index contributed by atoms with van der Waals surface area (Å²) in [7, 11) is 0. The van der Waals surface area contributed by atoms with Crippen molar-refractivity contribution in [3.8, 4) is 6.07 Å². The first-order chi connectivity index (χ1) is 12.0. The van der Waals surface area contributed by atoms with Crippen LogP contribution in [0.4, 0.5) is 9.18 Å². The van der Waals surface area contributed by atoms with Gasteiger partial charge in [-0.05, 0) is 37.5 Å². The first kappa shape index (κ1) is 19.4. The molecule has 0 aliphatic carbocycles. The second kappa shape index (κ2) is 6.75. The van der Waals surface area contributed by atoms with Gasteiger partial charge in [-0.2, -0.15) is 5.26 Å². The Morgan fingerprint density at radius 2 is 1.96 bits per heavy atom. The minimum Gasteiger partial charge on any atom is -0.336 e. The zero-order chi connectivity index (χ0) is 19.7. The Balaban J connectivity index is 2.18. The van der Waals surface area contributed by atoms with E-state index >= 15 is 0 Å². The number of nitrogens with zero attached hydrogens (tertiary/aromatic N) is 2. The fourth-order valence-electron chi connectivity index (χ4n) is 2.59. The summed E-state index contributed by atoms with van der Waals surface area (Å²) in [6.45, 7) is 6.12. The maximum Gasteiger partial charge on any atom is 0.325 e. The third-order valence-electron chi connectivity index (χ3n) is 4.78. The number of imide groups is 1. The first-order valence-electron chi connectivity index (χ1n) is 8.16. The Hall–Kier alpha value is -2.95. The summed E-state index contributed by atoms with van der Waals surface area (Å²) in [5.74, 6) is -1.86. The van der Waals surface area contributed by atoms with E-state index in [1.165, 1.54) is 31.2 Å². The average molecular weight is 360 g/mol. The van der Waals surface area contributed by atoms with E-state index in [-0.39, 0.29) is 5.92 Å². The number of nitrogens with one attached hydrogen (secondary N) is 2. The molecule has 1 heterocycles. The molecule has 0 aromatic heterocycles. The van der Waals surface area contributed by atoms with Crippen molar-refractivity contribution in [3.63, 3.8) is 0 Å². The number of amides is 4. The largest absolute Gasteiger partial charge is 0.336 e. The maximum atomic E-state index is 13.1. The van der Waals surface area contributed by atoms with Gasteiger partial charge in [-0.15, -0.1) is 0 Å². The molecule has 0 spiro atoms. The summed E-state index contributed by atoms with van der Waals surface area (Å²) in [4.78, 5) is 38.0. The van der Waals surface area contributed by atoms with Gasteiger partial charge in [0.2, 0.25) is 5.91 Å². The topological polar surface area (TPSA) is 102 Å². The number of hydrogen-bond acceptors (Lipinski definition) is 4. The lowest BCUT2D eigenvalue weighted by Crippen LogP contribution is -2.52. The van der Waals surface area contributed by atoms with Gasteiger partial charge in [0.05, 0.1) is 6.07 Å². The second-order valence-electron chi connectivity index (χ2n) is 6.97. The van der Waals surface area contributed by atoms with E-state index in [2.05, 4.69) is 10.6 Å². The molecule has 7 nitrogen and oxygen atoms in total. The highest BCUT2D eigenvalue weighted by Gasteiger charge is 2.49. The molecule has 0 bridgehead atoms. The number of carbonyl (C=O) groups is 3. The van der Waals surface area contributed by atoms with E-state index in [1.807, 2.05) is 6.07 Å². The third-order valence-corrected chi connectivity index (χ3v) is 4.78. The van der Waals surface area contributed by atoms with E-state index in [4.69, 9.17) is 0 Å². The van der Waals surface area contributed by atoms with E-state index in [0.717, 1.165) is 4.90 Å². The highest BCUT2D eigenvalue weighted by atomic mass is 19.1. The molecular weight excluding hydrogens is 339 g/mol. The number of hydrogen-bond donors (Lipinski definition) is 2. The van der Waals surface area contributed by atoms with Gasteiger partial charge < -0.3 is 10.6 Å². The predicted octanol–water partition coefficient (Wildman–Crippen LogP) is 1.65. The van der Waals surface area contributed by atoms with Crippen LogP contribution >= 0.6 is 0 Å². The highest BCUT2D eigenvalue weighted by Crippen LogP contribution is 2.28. The number of benzene rings is 1. The lowest BCUT2D eigenvalue weighted by atomic mass is 9.90. The van der Waals surface area contributed by atoms with Crippen LogP contribution in [0.5, 0.6) is 0 Å². The SMILES string of the molecule is CC(C)[C@](C)(C#N)NC(=O)CN1C(=O)N[C@@](C)(c2ccc(F)cc2)C1=O. The summed E-state index contributed by atoms with van der Waals surface area (Å²) in [5, 5.41) is 14.4. The number of urea groups is 1. The van der Waals surface area contributed by atoms with E-state index < -0.39 is 41.3 Å². The Bertz CT molecular complexity index is 787. The van der Waals surface area contributed by atoms with Gasteiger partial charge in [-0.3, -0.25) is 14.5 Å². The predicted molar refractivity (Wildman–Crippen MR) is 91.0 cm³/mol. The fraction of sp³-hybridized carbons (Fsp3) is 0.444. The normalized spacial score (nSPS) is 22.0. The monoisotopic (exact) mass is 360 g/mol. The summed E-state index contributed by atoms with van der Waals surface area (Å²) < 4.78 is 13.1. The van der Waals surface area contributed by atoms with Crippen molar-refractivity contribution in [3.05, 3.63) is 35.6 Å². The molecule has 0 unspecified atom stereocenters. The Kier molecular flexibility index (Phi) is 5.03. The molecule has 1 aliphatic rings. The second-order valence-corrected chi connectivity index (χ2v) is 6.97. The van der Waals surface area contributed by atoms with Crippen LogP contribution < -0.4 is 10.6 Å². The van der Waals surface area contributed by atoms with Crippen LogP contribution in [0.3, 0.4) is 0 Å². The number of carbonyl (C=O) groups excluding carboxylic acids is 3. The Morgan fingerprint density at radius 1 is 1.38 bits per heavy atom. The number of nitriles is 1. The van der Waals surface area contributed by atoms with Crippen LogP contribution in [0.2, 0.25) is 0 Å². The van der Waals surface area contributed by atoms with Crippen LogP contribution in [0.15, 0.2) is 24.3 Å². The van der Waals surface area contributed by atoms with Gasteiger partial charge in [-0.1, -0.05) is 26.0 Å². The van der Waals surface area contributed by atoms with E-state index in [1.54, 1.807) is 20.8 Å². The third kappa shape index (κ3) is 3.38. The molecule has 1 fully saturated rings. The van der Waals surface area contributed by atoms with Crippen molar-refractivity contribution in [1.29, 1.82) is 5.26 Å². The average Bonchev–Trinajstić information content (AvgIpc) is 2.79. The molecule has 2 N–H and O–H groups in total. The molecule has 1 aromatic rings. The molecule has 4 amide bonds. The Labute approximate surface area is 151 Å². The van der Waals surface area contributed by atoms with Crippen molar-refractivity contribution in [2.75, 3.05) is 6.54 Å². The molecule has 1 aromatic carbocycles. The molecule has 1 aliphatic heterocycles. The molecule has 8 heteroatoms. The van der Waals surface area contributed by atoms with Gasteiger partial charge in [0.25, 0.3) is 5.91 Å². The standard InChI is InChI=1S/C18H21FN4O3/c1-11(2)17(3,10-20)21-14(24)9-23-15(25)18(4,22-16(23)26)12-5-7-13(19)8-6-12/h5-8,11H,9H2,1-4H3,(H,21,24)(H,22,26)/t17-,18-/m0/s1. The first-order valence-corrected chi connectivity index (χ1v) is 8.16. The van der Waals surface area contributed by atoms with E-state index in [0.29, 0.717) is 5.56 Å². The van der Waals surface area contributed by atoms with E-state index in [9.17, 15) is 24.0 Å². The smallest absolute Gasteiger partial charge is 0.325 e. The number of halogens is 1. The van der Waals surface area contributed by atoms with Crippen molar-refractivity contribution in [2.24, 2.45) is 5.92 Å². The summed E-state index contributed by atoms with van der Waals surface area (Å²) >= 11 is 0. The van der Waals surface area contributed by atoms with Crippen LogP contribution in [0.25, 0.3) is 0 Å². The van der Waals surface area contributed by atoms with Gasteiger partial charge >= 0.3 is 6.03 Å². The van der Waals surface area contributed by atoms with Gasteiger partial charge in [-0.25, -0.2) is 9.18 Å². The zero-order valence-electron chi connectivity index (χ0n) is 15.1. The quantitative estimate of drug-likeness (QED) is 0.779. The van der Waals surface area contributed by atoms with Crippen LogP contribution in [-0.2, 0) is 15.1 Å². The molecule has 138 valence electrons. The summed E-state index contributed by atoms with van der Waals surface area (Å²) in [6.07, 6.45) is 0. The van der Waals surface area contributed by atoms with Crippen molar-refractivity contribution in [2.45, 2.75) is 38.8 Å². The summed E-state index contributed by atoms with van der Waals surface area (Å²) in [5.41, 5.74) is -2.10. The van der Waals surface area contributed by atoms with Crippen molar-refractivity contribution < 1.29 is 18.8 Å². The molecule has 0 saturated carbocycles. The molecule has 0 radical (unpaired) electrons. The zero-order valence-corrected chi connectivity index (χ0v) is 15.1. The number of rotatable bonds is 5. The summed E-state index contributed by atoms with van der Waals surface area (Å²) in [6, 6.07) is 6.50. The highest BCUT2D eigenvalue weighted by molar-refractivity contribution is 6.09. The van der Waals surface area contributed by atoms with Gasteiger partial charge in [0.15, 0.2) is 0 Å². The molecule has 2 rings (SSSR count). The van der Waals surface area contributed by atoms with Crippen LogP contribution in [0, 0.1) is 23.1 Å². The van der Waals surface area contributed by atoms with Crippen LogP contribution in [-0.4, -0.2) is 34.8 Å². The minimum atomic E-state index is -1.39. The van der Waals surface area contributed by atoms with Crippen molar-refractivity contribution in [1.82, 2.24) is 15.5 Å². The Morgan fingerprint density at radius 3 is 2.46 bits per heavy atom. The molecule has 1 saturated heterocycles. The molecule has 26 heavy (non-hydrogen) atoms. The molecule has 2 atom stereocenters. The van der Waals surface area contributed by atoms with Gasteiger partial charge in [0, 0.05) is 0 Å². The minimum absolute atomic E-state index is 0.163. The fourth-order valence-corrected chi connectivity index (χ4v) is 2.59. The lowest BCUT2D eigenvalue weighted by Gasteiger charge is -2.28. The lowest BCUT2D eigenvalue weighted by molar-refractivity contribution is -0.135. The van der Waals surface area contributed by atoms with Crippen molar-refractivity contribution >= 4 is 17.8 Å². The molecular formula is C18H21FN4O3. The van der Waals surface area contributed by atoms with Gasteiger partial charge in [0.1, 0.15) is 23.4 Å². The van der Waals surface area contributed by atoms with Crippen LogP contribution in [0.1, 0.15) is 33.3 Å². The maximum absolute atomic E-state index is 13.1.